The number of aliphatic hydroxyl groups is 2. The van der Waals surface area contributed by atoms with Crippen molar-refractivity contribution in [3.05, 3.63) is 12.2 Å². The third-order valence-electron chi connectivity index (χ3n) is 5.37. The molecule has 0 heterocycles. The summed E-state index contributed by atoms with van der Waals surface area (Å²) >= 11 is 0. The van der Waals surface area contributed by atoms with E-state index in [0.29, 0.717) is 25.7 Å². The van der Waals surface area contributed by atoms with Gasteiger partial charge in [-0.25, -0.2) is 4.89 Å². The van der Waals surface area contributed by atoms with Gasteiger partial charge in [0.25, 0.3) is 0 Å². The standard InChI is InChI=1S/C20H36O6/c1-2-3-4-5-6-7-9-15(26-25)12-13-17-16(10-8-11-20(23)24)18(21)14-19(17)22/h12-13,15-19,21-22,25H,2-11,14H2,1H3,(H,23,24)/b13-12+/t15?,16-,17-,18+,19-/m1/s1. The first kappa shape index (κ1) is 23.1. The molecule has 1 fully saturated rings. The molecule has 0 aliphatic heterocycles. The number of carbonyl (C=O) groups is 1. The van der Waals surface area contributed by atoms with Gasteiger partial charge in [-0.15, -0.1) is 0 Å². The van der Waals surface area contributed by atoms with Gasteiger partial charge in [-0.05, 0) is 25.2 Å². The number of aliphatic hydroxyl groups excluding tert-OH is 2. The van der Waals surface area contributed by atoms with Crippen molar-refractivity contribution in [2.45, 2.75) is 95.9 Å². The fourth-order valence-corrected chi connectivity index (χ4v) is 3.83. The Morgan fingerprint density at radius 1 is 1.12 bits per heavy atom. The largest absolute Gasteiger partial charge is 0.481 e. The predicted molar refractivity (Wildman–Crippen MR) is 99.7 cm³/mol. The van der Waals surface area contributed by atoms with Gasteiger partial charge >= 0.3 is 5.97 Å². The van der Waals surface area contributed by atoms with Gasteiger partial charge in [0.1, 0.15) is 6.10 Å². The van der Waals surface area contributed by atoms with Crippen LogP contribution in [0.15, 0.2) is 12.2 Å². The highest BCUT2D eigenvalue weighted by Crippen LogP contribution is 2.37. The molecule has 0 saturated heterocycles. The third kappa shape index (κ3) is 8.62. The van der Waals surface area contributed by atoms with Crippen LogP contribution in [-0.4, -0.2) is 44.9 Å². The second-order valence-corrected chi connectivity index (χ2v) is 7.48. The summed E-state index contributed by atoms with van der Waals surface area (Å²) in [6.45, 7) is 2.18. The average Bonchev–Trinajstić information content (AvgIpc) is 2.86. The monoisotopic (exact) mass is 372 g/mol. The van der Waals surface area contributed by atoms with Crippen LogP contribution >= 0.6 is 0 Å². The van der Waals surface area contributed by atoms with Gasteiger partial charge in [-0.1, -0.05) is 57.6 Å². The molecule has 0 spiro atoms. The minimum absolute atomic E-state index is 0.0656. The van der Waals surface area contributed by atoms with E-state index in [-0.39, 0.29) is 18.3 Å². The SMILES string of the molecule is CCCCCCCCC(/C=C/[C@@H]1[C@@H](CCCC(=O)O)[C@@H](O)C[C@H]1O)OO. The average molecular weight is 373 g/mol. The molecule has 6 nitrogen and oxygen atoms in total. The Bertz CT molecular complexity index is 411. The van der Waals surface area contributed by atoms with Crippen LogP contribution in [0.3, 0.4) is 0 Å². The second kappa shape index (κ2) is 13.3. The lowest BCUT2D eigenvalue weighted by molar-refractivity contribution is -0.267. The Hall–Kier alpha value is -0.950. The highest BCUT2D eigenvalue weighted by atomic mass is 17.1. The van der Waals surface area contributed by atoms with E-state index in [9.17, 15) is 15.0 Å². The van der Waals surface area contributed by atoms with Crippen molar-refractivity contribution >= 4 is 5.97 Å². The first-order valence-corrected chi connectivity index (χ1v) is 10.1. The summed E-state index contributed by atoms with van der Waals surface area (Å²) in [5.74, 6) is -1.24. The summed E-state index contributed by atoms with van der Waals surface area (Å²) in [5, 5.41) is 38.2. The molecule has 26 heavy (non-hydrogen) atoms. The number of hydrogen-bond donors (Lipinski definition) is 4. The number of aliphatic carboxylic acids is 1. The van der Waals surface area contributed by atoms with Crippen molar-refractivity contribution in [1.82, 2.24) is 0 Å². The highest BCUT2D eigenvalue weighted by molar-refractivity contribution is 5.66. The van der Waals surface area contributed by atoms with Crippen molar-refractivity contribution in [3.63, 3.8) is 0 Å². The Labute approximate surface area is 156 Å². The van der Waals surface area contributed by atoms with Crippen molar-refractivity contribution in [3.8, 4) is 0 Å². The first-order valence-electron chi connectivity index (χ1n) is 10.1. The quantitative estimate of drug-likeness (QED) is 0.160. The van der Waals surface area contributed by atoms with Crippen LogP contribution in [0.25, 0.3) is 0 Å². The van der Waals surface area contributed by atoms with Crippen LogP contribution in [0.2, 0.25) is 0 Å². The first-order chi connectivity index (χ1) is 12.5. The smallest absolute Gasteiger partial charge is 0.303 e. The maximum atomic E-state index is 10.7. The molecule has 0 aromatic heterocycles. The lowest BCUT2D eigenvalue weighted by Crippen LogP contribution is -2.21. The molecule has 6 heteroatoms. The van der Waals surface area contributed by atoms with E-state index in [1.165, 1.54) is 25.7 Å². The van der Waals surface area contributed by atoms with Gasteiger partial charge in [0.2, 0.25) is 0 Å². The van der Waals surface area contributed by atoms with Gasteiger partial charge in [0, 0.05) is 18.8 Å². The van der Waals surface area contributed by atoms with Crippen molar-refractivity contribution in [2.75, 3.05) is 0 Å². The van der Waals surface area contributed by atoms with Gasteiger partial charge in [-0.2, -0.15) is 0 Å². The van der Waals surface area contributed by atoms with E-state index in [2.05, 4.69) is 11.8 Å². The molecule has 0 amide bonds. The lowest BCUT2D eigenvalue weighted by atomic mass is 9.88. The molecule has 1 saturated carbocycles. The van der Waals surface area contributed by atoms with Crippen LogP contribution in [0, 0.1) is 11.8 Å². The van der Waals surface area contributed by atoms with Gasteiger partial charge < -0.3 is 15.3 Å². The molecule has 0 aromatic carbocycles. The number of carboxylic acids is 1. The van der Waals surface area contributed by atoms with Crippen molar-refractivity contribution < 1.29 is 30.3 Å². The van der Waals surface area contributed by atoms with Crippen molar-refractivity contribution in [2.24, 2.45) is 11.8 Å². The zero-order valence-electron chi connectivity index (χ0n) is 15.9. The molecule has 0 aromatic rings. The number of carboxylic acid groups (broad SMARTS) is 1. The lowest BCUT2D eigenvalue weighted by Gasteiger charge is -2.21. The Morgan fingerprint density at radius 3 is 2.46 bits per heavy atom. The molecular formula is C20H36O6. The van der Waals surface area contributed by atoms with E-state index < -0.39 is 24.3 Å². The molecule has 0 radical (unpaired) electrons. The van der Waals surface area contributed by atoms with Crippen LogP contribution in [0.1, 0.15) is 77.6 Å². The van der Waals surface area contributed by atoms with E-state index >= 15 is 0 Å². The van der Waals surface area contributed by atoms with E-state index in [1.54, 1.807) is 6.08 Å². The highest BCUT2D eigenvalue weighted by Gasteiger charge is 2.39. The zero-order chi connectivity index (χ0) is 19.4. The third-order valence-corrected chi connectivity index (χ3v) is 5.37. The van der Waals surface area contributed by atoms with Crippen LogP contribution in [0.4, 0.5) is 0 Å². The fraction of sp³-hybridized carbons (Fsp3) is 0.850. The van der Waals surface area contributed by atoms with E-state index in [4.69, 9.17) is 10.4 Å². The fourth-order valence-electron chi connectivity index (χ4n) is 3.83. The summed E-state index contributed by atoms with van der Waals surface area (Å²) in [4.78, 5) is 15.2. The Morgan fingerprint density at radius 2 is 1.81 bits per heavy atom. The molecule has 1 unspecified atom stereocenters. The van der Waals surface area contributed by atoms with Crippen molar-refractivity contribution in [1.29, 1.82) is 0 Å². The molecule has 0 bridgehead atoms. The van der Waals surface area contributed by atoms with Crippen LogP contribution < -0.4 is 0 Å². The molecular weight excluding hydrogens is 336 g/mol. The van der Waals surface area contributed by atoms with Crippen LogP contribution in [-0.2, 0) is 9.68 Å². The summed E-state index contributed by atoms with van der Waals surface area (Å²) in [6, 6.07) is 0. The minimum Gasteiger partial charge on any atom is -0.481 e. The number of rotatable bonds is 14. The molecule has 152 valence electrons. The second-order valence-electron chi connectivity index (χ2n) is 7.48. The summed E-state index contributed by atoms with van der Waals surface area (Å²) in [5.41, 5.74) is 0. The van der Waals surface area contributed by atoms with Gasteiger partial charge in [0.05, 0.1) is 12.2 Å². The van der Waals surface area contributed by atoms with Crippen LogP contribution in [0.5, 0.6) is 0 Å². The maximum absolute atomic E-state index is 10.7. The molecule has 1 rings (SSSR count). The van der Waals surface area contributed by atoms with Gasteiger partial charge in [0.15, 0.2) is 0 Å². The summed E-state index contributed by atoms with van der Waals surface area (Å²) in [6.07, 6.45) is 11.0. The van der Waals surface area contributed by atoms with E-state index in [1.807, 2.05) is 6.08 Å². The summed E-state index contributed by atoms with van der Waals surface area (Å²) < 4.78 is 0. The van der Waals surface area contributed by atoms with E-state index in [0.717, 1.165) is 12.8 Å². The Balaban J connectivity index is 2.45. The van der Waals surface area contributed by atoms with Gasteiger partial charge in [-0.3, -0.25) is 10.1 Å². The molecule has 4 N–H and O–H groups in total. The molecule has 1 aliphatic carbocycles. The number of hydrogen-bond acceptors (Lipinski definition) is 5. The summed E-state index contributed by atoms with van der Waals surface area (Å²) in [7, 11) is 0. The topological polar surface area (TPSA) is 107 Å². The number of unbranched alkanes of at least 4 members (excludes halogenated alkanes) is 5. The normalized spacial score (nSPS) is 27.2. The predicted octanol–water partition coefficient (Wildman–Crippen LogP) is 3.76. The molecule has 5 atom stereocenters. The maximum Gasteiger partial charge on any atom is 0.303 e. The zero-order valence-corrected chi connectivity index (χ0v) is 15.9. The Kier molecular flexibility index (Phi) is 11.8. The molecule has 1 aliphatic rings. The minimum atomic E-state index is -0.849.